The van der Waals surface area contributed by atoms with Gasteiger partial charge in [0.2, 0.25) is 0 Å². The van der Waals surface area contributed by atoms with Gasteiger partial charge in [-0.2, -0.15) is 35.3 Å². The second kappa shape index (κ2) is 31.9. The van der Waals surface area contributed by atoms with Gasteiger partial charge in [0.25, 0.3) is 0 Å². The topological polar surface area (TPSA) is 66.4 Å². The molecule has 0 spiro atoms. The van der Waals surface area contributed by atoms with Gasteiger partial charge >= 0.3 is 18.0 Å². The molecule has 1 rings (SSSR count). The third-order valence-electron chi connectivity index (χ3n) is 6.74. The van der Waals surface area contributed by atoms with Crippen LogP contribution in [0.25, 0.3) is 0 Å². The molecule has 0 radical (unpaired) electrons. The molecule has 0 aromatic carbocycles. The average molecular weight is 646 g/mol. The largest absolute Gasteiger partial charge is 0.463 e. The van der Waals surface area contributed by atoms with E-state index in [9.17, 15) is 0 Å². The Labute approximate surface area is 272 Å². The average Bonchev–Trinajstić information content (AvgIpc) is 3.00. The lowest BCUT2D eigenvalue weighted by molar-refractivity contribution is 0.236. The minimum atomic E-state index is 0.308. The lowest BCUT2D eigenvalue weighted by Crippen LogP contribution is -2.10. The van der Waals surface area contributed by atoms with Gasteiger partial charge in [0.05, 0.1) is 19.8 Å². The first-order valence-corrected chi connectivity index (χ1v) is 20.6. The number of nitrogens with zero attached hydrogens (tertiary/aromatic N) is 3. The highest BCUT2D eigenvalue weighted by atomic mass is 32.2. The smallest absolute Gasteiger partial charge is 0.325 e. The maximum Gasteiger partial charge on any atom is 0.325 e. The minimum absolute atomic E-state index is 0.308. The lowest BCUT2D eigenvalue weighted by Gasteiger charge is -2.10. The number of hydrogen-bond acceptors (Lipinski definition) is 9. The summed E-state index contributed by atoms with van der Waals surface area (Å²) < 4.78 is 17.7. The van der Waals surface area contributed by atoms with Crippen molar-refractivity contribution in [2.75, 3.05) is 54.3 Å². The van der Waals surface area contributed by atoms with Crippen molar-refractivity contribution in [3.63, 3.8) is 0 Å². The fourth-order valence-electron chi connectivity index (χ4n) is 4.22. The van der Waals surface area contributed by atoms with Crippen molar-refractivity contribution < 1.29 is 14.2 Å². The Morgan fingerprint density at radius 3 is 0.905 bits per heavy atom. The van der Waals surface area contributed by atoms with Gasteiger partial charge in [0.1, 0.15) is 0 Å². The molecular formula is C33H63N3O3S3. The normalized spacial score (nSPS) is 11.2. The van der Waals surface area contributed by atoms with Gasteiger partial charge in [0.15, 0.2) is 0 Å². The predicted octanol–water partition coefficient (Wildman–Crippen LogP) is 10.3. The molecule has 0 bridgehead atoms. The van der Waals surface area contributed by atoms with E-state index in [2.05, 4.69) is 35.7 Å². The Morgan fingerprint density at radius 2 is 0.619 bits per heavy atom. The maximum absolute atomic E-state index is 5.90. The molecule has 0 amide bonds. The summed E-state index contributed by atoms with van der Waals surface area (Å²) in [6.45, 7) is 8.57. The molecular weight excluding hydrogens is 583 g/mol. The van der Waals surface area contributed by atoms with Gasteiger partial charge < -0.3 is 14.2 Å². The summed E-state index contributed by atoms with van der Waals surface area (Å²) in [6.07, 6.45) is 23.0. The zero-order valence-corrected chi connectivity index (χ0v) is 29.8. The number of thioether (sulfide) groups is 3. The summed E-state index contributed by atoms with van der Waals surface area (Å²) in [6, 6.07) is 0.924. The van der Waals surface area contributed by atoms with Crippen molar-refractivity contribution >= 4 is 35.3 Å². The molecule has 0 saturated heterocycles. The van der Waals surface area contributed by atoms with Gasteiger partial charge in [-0.05, 0) is 73.0 Å². The third-order valence-corrected chi connectivity index (χ3v) is 10.2. The number of aromatic nitrogens is 3. The summed E-state index contributed by atoms with van der Waals surface area (Å²) in [4.78, 5) is 13.3. The van der Waals surface area contributed by atoms with E-state index in [0.717, 1.165) is 36.5 Å². The first-order chi connectivity index (χ1) is 20.8. The Balaban J connectivity index is 2.35. The van der Waals surface area contributed by atoms with Gasteiger partial charge in [-0.1, -0.05) is 97.8 Å². The molecule has 0 aliphatic rings. The van der Waals surface area contributed by atoms with Crippen LogP contribution in [0.1, 0.15) is 136 Å². The van der Waals surface area contributed by atoms with Gasteiger partial charge in [-0.25, -0.2) is 0 Å². The van der Waals surface area contributed by atoms with E-state index in [-0.39, 0.29) is 0 Å². The summed E-state index contributed by atoms with van der Waals surface area (Å²) in [5.74, 6) is 6.99. The highest BCUT2D eigenvalue weighted by molar-refractivity contribution is 7.99. The summed E-state index contributed by atoms with van der Waals surface area (Å²) in [7, 11) is 0. The van der Waals surface area contributed by atoms with E-state index in [0.29, 0.717) is 37.9 Å². The standard InChI is InChI=1S/C33H63N3O3S3/c1-4-7-10-13-16-25-40-28-19-22-37-31-34-32(38-23-20-29-41-26-17-14-11-8-5-2)36-33(35-31)39-24-21-30-42-27-18-15-12-9-6-3/h4-30H2,1-3H3. The fraction of sp³-hybridized carbons (Fsp3) is 0.909. The maximum atomic E-state index is 5.90. The number of rotatable bonds is 33. The van der Waals surface area contributed by atoms with Crippen molar-refractivity contribution in [1.29, 1.82) is 0 Å². The molecule has 0 atom stereocenters. The zero-order chi connectivity index (χ0) is 30.2. The quantitative estimate of drug-likeness (QED) is 0.0695. The third kappa shape index (κ3) is 25.9. The molecule has 1 aromatic heterocycles. The fourth-order valence-corrected chi connectivity index (χ4v) is 7.02. The van der Waals surface area contributed by atoms with Crippen molar-refractivity contribution in [2.24, 2.45) is 0 Å². The monoisotopic (exact) mass is 645 g/mol. The van der Waals surface area contributed by atoms with Gasteiger partial charge in [-0.15, -0.1) is 15.0 Å². The second-order valence-electron chi connectivity index (χ2n) is 10.9. The van der Waals surface area contributed by atoms with Crippen LogP contribution in [-0.4, -0.2) is 69.3 Å². The van der Waals surface area contributed by atoms with Gasteiger partial charge in [-0.3, -0.25) is 0 Å². The van der Waals surface area contributed by atoms with Crippen molar-refractivity contribution in [3.05, 3.63) is 0 Å². The van der Waals surface area contributed by atoms with E-state index in [4.69, 9.17) is 14.2 Å². The summed E-state index contributed by atoms with van der Waals surface area (Å²) in [5, 5.41) is 0. The van der Waals surface area contributed by atoms with Crippen LogP contribution in [0.5, 0.6) is 18.0 Å². The SMILES string of the molecule is CCCCCCCSCCCOc1nc(OCCCSCCCCCCC)nc(OCCCSCCCCCCC)n1. The molecule has 1 heterocycles. The minimum Gasteiger partial charge on any atom is -0.463 e. The highest BCUT2D eigenvalue weighted by Crippen LogP contribution is 2.17. The zero-order valence-electron chi connectivity index (χ0n) is 27.4. The Kier molecular flexibility index (Phi) is 30.0. The van der Waals surface area contributed by atoms with Crippen LogP contribution in [0.3, 0.4) is 0 Å². The van der Waals surface area contributed by atoms with Crippen LogP contribution in [0.15, 0.2) is 0 Å². The highest BCUT2D eigenvalue weighted by Gasteiger charge is 2.10. The van der Waals surface area contributed by atoms with Crippen molar-refractivity contribution in [3.8, 4) is 18.0 Å². The number of unbranched alkanes of at least 4 members (excludes halogenated alkanes) is 12. The lowest BCUT2D eigenvalue weighted by atomic mass is 10.2. The second-order valence-corrected chi connectivity index (χ2v) is 14.5. The van der Waals surface area contributed by atoms with Crippen LogP contribution in [-0.2, 0) is 0 Å². The van der Waals surface area contributed by atoms with E-state index >= 15 is 0 Å². The summed E-state index contributed by atoms with van der Waals surface area (Å²) in [5.41, 5.74) is 0. The van der Waals surface area contributed by atoms with E-state index in [1.807, 2.05) is 35.3 Å². The van der Waals surface area contributed by atoms with Crippen LogP contribution in [0, 0.1) is 0 Å². The van der Waals surface area contributed by atoms with Crippen molar-refractivity contribution in [1.82, 2.24) is 15.0 Å². The van der Waals surface area contributed by atoms with Crippen LogP contribution < -0.4 is 14.2 Å². The molecule has 246 valence electrons. The first-order valence-electron chi connectivity index (χ1n) is 17.2. The molecule has 0 saturated carbocycles. The van der Waals surface area contributed by atoms with Crippen LogP contribution in [0.4, 0.5) is 0 Å². The van der Waals surface area contributed by atoms with E-state index in [1.165, 1.54) is 114 Å². The van der Waals surface area contributed by atoms with Crippen LogP contribution >= 0.6 is 35.3 Å². The molecule has 6 nitrogen and oxygen atoms in total. The van der Waals surface area contributed by atoms with E-state index < -0.39 is 0 Å². The van der Waals surface area contributed by atoms with E-state index in [1.54, 1.807) is 0 Å². The number of hydrogen-bond donors (Lipinski definition) is 0. The Hall–Kier alpha value is -0.540. The molecule has 0 aliphatic heterocycles. The van der Waals surface area contributed by atoms with Gasteiger partial charge in [0, 0.05) is 0 Å². The molecule has 0 N–H and O–H groups in total. The molecule has 9 heteroatoms. The molecule has 0 aliphatic carbocycles. The molecule has 1 aromatic rings. The van der Waals surface area contributed by atoms with Crippen molar-refractivity contribution in [2.45, 2.75) is 136 Å². The Bertz CT molecular complexity index is 601. The first kappa shape index (κ1) is 39.5. The molecule has 0 fully saturated rings. The molecule has 0 unspecified atom stereocenters. The Morgan fingerprint density at radius 1 is 0.357 bits per heavy atom. The molecule has 42 heavy (non-hydrogen) atoms. The predicted molar refractivity (Wildman–Crippen MR) is 188 cm³/mol. The number of ether oxygens (including phenoxy) is 3. The summed E-state index contributed by atoms with van der Waals surface area (Å²) >= 11 is 6.04. The van der Waals surface area contributed by atoms with Crippen LogP contribution in [0.2, 0.25) is 0 Å².